The monoisotopic (exact) mass is 327 g/mol. The smallest absolute Gasteiger partial charge is 0.270 e. The minimum absolute atomic E-state index is 0.0132. The Morgan fingerprint density at radius 3 is 3.08 bits per heavy atom. The third kappa shape index (κ3) is 2.78. The molecule has 126 valence electrons. The van der Waals surface area contributed by atoms with E-state index >= 15 is 0 Å². The molecule has 0 N–H and O–H groups in total. The lowest BCUT2D eigenvalue weighted by atomic mass is 9.98. The van der Waals surface area contributed by atoms with Crippen LogP contribution in [-0.4, -0.2) is 51.8 Å². The van der Waals surface area contributed by atoms with Crippen molar-refractivity contribution >= 4 is 5.91 Å². The van der Waals surface area contributed by atoms with E-state index in [2.05, 4.69) is 4.98 Å². The van der Waals surface area contributed by atoms with Crippen LogP contribution < -0.4 is 4.74 Å². The van der Waals surface area contributed by atoms with Crippen LogP contribution in [0.3, 0.4) is 0 Å². The van der Waals surface area contributed by atoms with Gasteiger partial charge in [-0.2, -0.15) is 0 Å². The summed E-state index contributed by atoms with van der Waals surface area (Å²) in [6.45, 7) is 1.91. The summed E-state index contributed by atoms with van der Waals surface area (Å²) in [5, 5.41) is 0. The molecule has 0 aromatic carbocycles. The number of aryl methyl sites for hydroxylation is 1. The summed E-state index contributed by atoms with van der Waals surface area (Å²) in [5.74, 6) is 0.831. The van der Waals surface area contributed by atoms with E-state index < -0.39 is 0 Å². The van der Waals surface area contributed by atoms with Crippen LogP contribution in [-0.2, 0) is 11.8 Å². The maximum Gasteiger partial charge on any atom is 0.270 e. The number of carbonyl (C=O) groups excluding carboxylic acids is 1. The Balaban J connectivity index is 1.40. The number of ether oxygens (including phenoxy) is 2. The van der Waals surface area contributed by atoms with E-state index in [1.165, 1.54) is 0 Å². The summed E-state index contributed by atoms with van der Waals surface area (Å²) < 4.78 is 13.9. The Kier molecular flexibility index (Phi) is 3.76. The number of hydrogen-bond acceptors (Lipinski definition) is 4. The Hall–Kier alpha value is -2.34. The zero-order valence-electron chi connectivity index (χ0n) is 13.7. The van der Waals surface area contributed by atoms with Gasteiger partial charge in [-0.3, -0.25) is 9.78 Å². The van der Waals surface area contributed by atoms with Gasteiger partial charge >= 0.3 is 0 Å². The number of amides is 1. The van der Waals surface area contributed by atoms with Crippen LogP contribution in [0.15, 0.2) is 42.9 Å². The van der Waals surface area contributed by atoms with Gasteiger partial charge in [0, 0.05) is 32.4 Å². The average molecular weight is 327 g/mol. The van der Waals surface area contributed by atoms with E-state index in [-0.39, 0.29) is 17.6 Å². The highest BCUT2D eigenvalue weighted by Crippen LogP contribution is 2.37. The maximum absolute atomic E-state index is 12.7. The second-order valence-electron chi connectivity index (χ2n) is 6.61. The Morgan fingerprint density at radius 1 is 1.42 bits per heavy atom. The van der Waals surface area contributed by atoms with Crippen LogP contribution in [0.2, 0.25) is 0 Å². The fourth-order valence-corrected chi connectivity index (χ4v) is 3.64. The molecule has 1 spiro atoms. The molecular weight excluding hydrogens is 306 g/mol. The molecule has 24 heavy (non-hydrogen) atoms. The van der Waals surface area contributed by atoms with Gasteiger partial charge in [0.05, 0.1) is 24.9 Å². The summed E-state index contributed by atoms with van der Waals surface area (Å²) in [4.78, 5) is 18.6. The lowest BCUT2D eigenvalue weighted by molar-refractivity contribution is 0.00985. The van der Waals surface area contributed by atoms with Crippen LogP contribution in [0.5, 0.6) is 5.75 Å². The molecule has 0 saturated carbocycles. The van der Waals surface area contributed by atoms with Crippen molar-refractivity contribution in [1.29, 1.82) is 0 Å². The van der Waals surface area contributed by atoms with Crippen molar-refractivity contribution in [2.24, 2.45) is 7.05 Å². The molecule has 6 heteroatoms. The summed E-state index contributed by atoms with van der Waals surface area (Å²) in [6.07, 6.45) is 7.01. The highest BCUT2D eigenvalue weighted by Gasteiger charge is 2.47. The van der Waals surface area contributed by atoms with Crippen LogP contribution >= 0.6 is 0 Å². The number of nitrogens with zero attached hydrogens (tertiary/aromatic N) is 3. The lowest BCUT2D eigenvalue weighted by Gasteiger charge is -2.23. The molecule has 2 atom stereocenters. The van der Waals surface area contributed by atoms with Gasteiger partial charge in [-0.05, 0) is 30.7 Å². The molecule has 4 heterocycles. The third-order valence-corrected chi connectivity index (χ3v) is 4.88. The zero-order valence-corrected chi connectivity index (χ0v) is 13.7. The SMILES string of the molecule is Cn1cccc1C(=O)N1CC[C@]2(C[C@H](Oc3cccnc3)CO2)C1. The van der Waals surface area contributed by atoms with Gasteiger partial charge < -0.3 is 18.9 Å². The van der Waals surface area contributed by atoms with Gasteiger partial charge in [0.25, 0.3) is 5.91 Å². The van der Waals surface area contributed by atoms with Crippen molar-refractivity contribution in [2.75, 3.05) is 19.7 Å². The third-order valence-electron chi connectivity index (χ3n) is 4.88. The second-order valence-corrected chi connectivity index (χ2v) is 6.61. The number of aromatic nitrogens is 2. The summed E-state index contributed by atoms with van der Waals surface area (Å²) in [6, 6.07) is 7.51. The Morgan fingerprint density at radius 2 is 2.33 bits per heavy atom. The number of likely N-dealkylation sites (tertiary alicyclic amines) is 1. The van der Waals surface area contributed by atoms with E-state index in [1.54, 1.807) is 12.4 Å². The van der Waals surface area contributed by atoms with Crippen LogP contribution in [0.1, 0.15) is 23.3 Å². The fourth-order valence-electron chi connectivity index (χ4n) is 3.64. The maximum atomic E-state index is 12.7. The van der Waals surface area contributed by atoms with Crippen molar-refractivity contribution in [2.45, 2.75) is 24.5 Å². The summed E-state index contributed by atoms with van der Waals surface area (Å²) >= 11 is 0. The van der Waals surface area contributed by atoms with Gasteiger partial charge in [-0.25, -0.2) is 0 Å². The predicted molar refractivity (Wildman–Crippen MR) is 87.9 cm³/mol. The molecule has 2 fully saturated rings. The molecular formula is C18H21N3O3. The van der Waals surface area contributed by atoms with Crippen molar-refractivity contribution in [3.8, 4) is 5.75 Å². The molecule has 2 aliphatic rings. The molecule has 2 aromatic heterocycles. The van der Waals surface area contributed by atoms with Crippen LogP contribution in [0.25, 0.3) is 0 Å². The summed E-state index contributed by atoms with van der Waals surface area (Å²) in [5.41, 5.74) is 0.446. The second kappa shape index (κ2) is 5.94. The van der Waals surface area contributed by atoms with E-state index in [9.17, 15) is 4.79 Å². The normalized spacial score (nSPS) is 26.2. The van der Waals surface area contributed by atoms with Crippen LogP contribution in [0, 0.1) is 0 Å². The predicted octanol–water partition coefficient (Wildman–Crippen LogP) is 1.87. The molecule has 0 aliphatic carbocycles. The molecule has 0 unspecified atom stereocenters. The molecule has 1 amide bonds. The van der Waals surface area contributed by atoms with E-state index in [1.807, 2.05) is 47.0 Å². The largest absolute Gasteiger partial charge is 0.486 e. The van der Waals surface area contributed by atoms with Crippen LogP contribution in [0.4, 0.5) is 0 Å². The topological polar surface area (TPSA) is 56.6 Å². The first-order chi connectivity index (χ1) is 11.7. The van der Waals surface area contributed by atoms with E-state index in [0.717, 1.165) is 25.1 Å². The van der Waals surface area contributed by atoms with E-state index in [4.69, 9.17) is 9.47 Å². The van der Waals surface area contributed by atoms with Crippen molar-refractivity contribution < 1.29 is 14.3 Å². The lowest BCUT2D eigenvalue weighted by Crippen LogP contribution is -2.36. The van der Waals surface area contributed by atoms with Gasteiger partial charge in [0.15, 0.2) is 0 Å². The quantitative estimate of drug-likeness (QED) is 0.864. The standard InChI is InChI=1S/C18H21N3O3/c1-20-8-3-5-16(20)17(22)21-9-6-18(13-21)10-15(12-23-18)24-14-4-2-7-19-11-14/h2-5,7-8,11,15H,6,9-10,12-13H2,1H3/t15-,18-/m0/s1. The molecule has 0 bridgehead atoms. The van der Waals surface area contributed by atoms with Gasteiger partial charge in [-0.15, -0.1) is 0 Å². The van der Waals surface area contributed by atoms with Crippen molar-refractivity contribution in [3.63, 3.8) is 0 Å². The first-order valence-corrected chi connectivity index (χ1v) is 8.26. The highest BCUT2D eigenvalue weighted by atomic mass is 16.6. The Labute approximate surface area is 141 Å². The minimum atomic E-state index is -0.270. The van der Waals surface area contributed by atoms with Gasteiger partial charge in [0.1, 0.15) is 17.5 Å². The molecule has 6 nitrogen and oxygen atoms in total. The number of rotatable bonds is 3. The first kappa shape index (κ1) is 15.2. The van der Waals surface area contributed by atoms with Gasteiger partial charge in [-0.1, -0.05) is 0 Å². The van der Waals surface area contributed by atoms with E-state index in [0.29, 0.717) is 18.8 Å². The Bertz CT molecular complexity index is 730. The number of carbonyl (C=O) groups is 1. The average Bonchev–Trinajstić information content (AvgIpc) is 3.30. The molecule has 2 aliphatic heterocycles. The zero-order chi connectivity index (χ0) is 16.6. The number of pyridine rings is 1. The van der Waals surface area contributed by atoms with Crippen molar-refractivity contribution in [3.05, 3.63) is 48.5 Å². The summed E-state index contributed by atoms with van der Waals surface area (Å²) in [7, 11) is 1.89. The molecule has 2 aromatic rings. The minimum Gasteiger partial charge on any atom is -0.486 e. The highest BCUT2D eigenvalue weighted by molar-refractivity contribution is 5.93. The molecule has 4 rings (SSSR count). The van der Waals surface area contributed by atoms with Crippen molar-refractivity contribution in [1.82, 2.24) is 14.5 Å². The fraction of sp³-hybridized carbons (Fsp3) is 0.444. The van der Waals surface area contributed by atoms with Gasteiger partial charge in [0.2, 0.25) is 0 Å². The number of hydrogen-bond donors (Lipinski definition) is 0. The first-order valence-electron chi connectivity index (χ1n) is 8.26. The molecule has 2 saturated heterocycles. The molecule has 0 radical (unpaired) electrons.